The lowest BCUT2D eigenvalue weighted by molar-refractivity contribution is 0.0673. The Hall–Kier alpha value is -1.62. The number of amides is 1. The molecule has 0 radical (unpaired) electrons. The summed E-state index contributed by atoms with van der Waals surface area (Å²) in [7, 11) is 3.33. The van der Waals surface area contributed by atoms with E-state index < -0.39 is 5.82 Å². The first kappa shape index (κ1) is 14.8. The average molecular weight is 280 g/mol. The molecule has 1 aromatic carbocycles. The second-order valence-corrected chi connectivity index (χ2v) is 5.17. The van der Waals surface area contributed by atoms with Crippen molar-refractivity contribution in [1.82, 2.24) is 10.2 Å². The van der Waals surface area contributed by atoms with Crippen LogP contribution in [0.25, 0.3) is 0 Å². The Balaban J connectivity index is 2.08. The summed E-state index contributed by atoms with van der Waals surface area (Å²) in [5, 5.41) is 3.15. The molecule has 1 heterocycles. The molecule has 0 bridgehead atoms. The highest BCUT2D eigenvalue weighted by Crippen LogP contribution is 2.21. The monoisotopic (exact) mass is 280 g/mol. The van der Waals surface area contributed by atoms with Gasteiger partial charge in [0.1, 0.15) is 0 Å². The van der Waals surface area contributed by atoms with Crippen molar-refractivity contribution in [3.63, 3.8) is 0 Å². The van der Waals surface area contributed by atoms with Gasteiger partial charge >= 0.3 is 0 Å². The van der Waals surface area contributed by atoms with E-state index in [1.807, 2.05) is 11.9 Å². The number of benzene rings is 1. The third kappa shape index (κ3) is 3.28. The normalized spacial score (nSPS) is 18.9. The Kier molecular flexibility index (Phi) is 4.95. The predicted octanol–water partition coefficient (Wildman–Crippen LogP) is 1.91. The number of carbonyl (C=O) groups excluding carboxylic acids is 1. The van der Waals surface area contributed by atoms with Gasteiger partial charge in [-0.15, -0.1) is 0 Å². The highest BCUT2D eigenvalue weighted by molar-refractivity contribution is 5.94. The van der Waals surface area contributed by atoms with Gasteiger partial charge in [0.25, 0.3) is 5.91 Å². The van der Waals surface area contributed by atoms with Crippen LogP contribution in [0.1, 0.15) is 23.2 Å². The molecule has 0 aliphatic carbocycles. The summed E-state index contributed by atoms with van der Waals surface area (Å²) in [6.07, 6.45) is 2.12. The maximum Gasteiger partial charge on any atom is 0.253 e. The number of rotatable bonds is 4. The Morgan fingerprint density at radius 3 is 3.00 bits per heavy atom. The summed E-state index contributed by atoms with van der Waals surface area (Å²) in [5.41, 5.74) is 0.383. The van der Waals surface area contributed by atoms with Gasteiger partial charge in [-0.2, -0.15) is 0 Å². The molecule has 1 fully saturated rings. The molecule has 110 valence electrons. The van der Waals surface area contributed by atoms with Crippen LogP contribution in [0, 0.1) is 11.7 Å². The third-order valence-electron chi connectivity index (χ3n) is 3.70. The van der Waals surface area contributed by atoms with Crippen molar-refractivity contribution in [3.05, 3.63) is 29.6 Å². The molecule has 1 amide bonds. The summed E-state index contributed by atoms with van der Waals surface area (Å²) < 4.78 is 18.5. The van der Waals surface area contributed by atoms with E-state index in [-0.39, 0.29) is 11.7 Å². The number of halogens is 1. The van der Waals surface area contributed by atoms with Gasteiger partial charge in [-0.3, -0.25) is 4.79 Å². The topological polar surface area (TPSA) is 41.6 Å². The van der Waals surface area contributed by atoms with Crippen LogP contribution >= 0.6 is 0 Å². The van der Waals surface area contributed by atoms with Gasteiger partial charge in [-0.05, 0) is 50.6 Å². The average Bonchev–Trinajstić information content (AvgIpc) is 2.47. The predicted molar refractivity (Wildman–Crippen MR) is 75.5 cm³/mol. The van der Waals surface area contributed by atoms with Crippen molar-refractivity contribution in [2.45, 2.75) is 12.8 Å². The largest absolute Gasteiger partial charge is 0.494 e. The van der Waals surface area contributed by atoms with Crippen molar-refractivity contribution < 1.29 is 13.9 Å². The van der Waals surface area contributed by atoms with Crippen LogP contribution in [0.15, 0.2) is 18.2 Å². The fourth-order valence-electron chi connectivity index (χ4n) is 2.69. The quantitative estimate of drug-likeness (QED) is 0.916. The minimum atomic E-state index is -0.498. The number of hydrogen-bond acceptors (Lipinski definition) is 3. The maximum absolute atomic E-state index is 13.7. The van der Waals surface area contributed by atoms with Crippen molar-refractivity contribution in [3.8, 4) is 5.75 Å². The van der Waals surface area contributed by atoms with Gasteiger partial charge in [-0.25, -0.2) is 4.39 Å². The van der Waals surface area contributed by atoms with Crippen molar-refractivity contribution in [2.75, 3.05) is 33.8 Å². The number of piperidine rings is 1. The summed E-state index contributed by atoms with van der Waals surface area (Å²) in [5.74, 6) is 0.0311. The maximum atomic E-state index is 13.7. The van der Waals surface area contributed by atoms with Gasteiger partial charge in [0.05, 0.1) is 7.11 Å². The van der Waals surface area contributed by atoms with E-state index in [1.54, 1.807) is 6.07 Å². The van der Waals surface area contributed by atoms with Crippen LogP contribution in [0.5, 0.6) is 5.75 Å². The molecule has 1 aliphatic rings. The van der Waals surface area contributed by atoms with Crippen molar-refractivity contribution >= 4 is 5.91 Å². The highest BCUT2D eigenvalue weighted by Gasteiger charge is 2.24. The van der Waals surface area contributed by atoms with Crippen molar-refractivity contribution in [2.24, 2.45) is 5.92 Å². The van der Waals surface area contributed by atoms with Crippen LogP contribution in [-0.4, -0.2) is 44.6 Å². The first-order valence-electron chi connectivity index (χ1n) is 6.93. The van der Waals surface area contributed by atoms with Gasteiger partial charge < -0.3 is 15.0 Å². The number of hydrogen-bond donors (Lipinski definition) is 1. The molecule has 1 N–H and O–H groups in total. The van der Waals surface area contributed by atoms with E-state index >= 15 is 0 Å². The number of nitrogens with one attached hydrogen (secondary N) is 1. The molecule has 2 rings (SSSR count). The number of likely N-dealkylation sites (tertiary alicyclic amines) is 1. The summed E-state index contributed by atoms with van der Waals surface area (Å²) in [6, 6.07) is 4.37. The first-order chi connectivity index (χ1) is 9.65. The summed E-state index contributed by atoms with van der Waals surface area (Å²) in [4.78, 5) is 14.2. The molecule has 0 saturated carbocycles. The Morgan fingerprint density at radius 2 is 2.35 bits per heavy atom. The number of methoxy groups -OCH3 is 1. The van der Waals surface area contributed by atoms with E-state index in [0.29, 0.717) is 11.5 Å². The first-order valence-corrected chi connectivity index (χ1v) is 6.93. The smallest absolute Gasteiger partial charge is 0.253 e. The minimum absolute atomic E-state index is 0.104. The second kappa shape index (κ2) is 6.70. The van der Waals surface area contributed by atoms with Gasteiger partial charge in [0.2, 0.25) is 0 Å². The zero-order chi connectivity index (χ0) is 14.5. The Labute approximate surface area is 118 Å². The molecule has 1 aliphatic heterocycles. The molecule has 0 aromatic heterocycles. The highest BCUT2D eigenvalue weighted by atomic mass is 19.1. The molecule has 5 heteroatoms. The van der Waals surface area contributed by atoms with E-state index in [9.17, 15) is 9.18 Å². The van der Waals surface area contributed by atoms with Crippen LogP contribution < -0.4 is 10.1 Å². The van der Waals surface area contributed by atoms with Crippen LogP contribution in [0.3, 0.4) is 0 Å². The summed E-state index contributed by atoms with van der Waals surface area (Å²) in [6.45, 7) is 2.38. The SMILES string of the molecule is CNCC1CCCN(C(=O)c2ccc(OC)c(F)c2)C1. The molecule has 1 atom stereocenters. The zero-order valence-electron chi connectivity index (χ0n) is 12.0. The van der Waals surface area contributed by atoms with Crippen molar-refractivity contribution in [1.29, 1.82) is 0 Å². The molecular weight excluding hydrogens is 259 g/mol. The molecule has 1 aromatic rings. The van der Waals surface area contributed by atoms with E-state index in [1.165, 1.54) is 19.2 Å². The molecule has 0 spiro atoms. The van der Waals surface area contributed by atoms with E-state index in [4.69, 9.17) is 4.74 Å². The number of carbonyl (C=O) groups is 1. The molecule has 4 nitrogen and oxygen atoms in total. The zero-order valence-corrected chi connectivity index (χ0v) is 12.0. The van der Waals surface area contributed by atoms with Crippen LogP contribution in [0.4, 0.5) is 4.39 Å². The van der Waals surface area contributed by atoms with Crippen LogP contribution in [-0.2, 0) is 0 Å². The molecular formula is C15H21FN2O2. The molecule has 1 unspecified atom stereocenters. The lowest BCUT2D eigenvalue weighted by Gasteiger charge is -2.32. The Morgan fingerprint density at radius 1 is 1.55 bits per heavy atom. The molecule has 20 heavy (non-hydrogen) atoms. The lowest BCUT2D eigenvalue weighted by Crippen LogP contribution is -2.42. The van der Waals surface area contributed by atoms with Gasteiger partial charge in [0.15, 0.2) is 11.6 Å². The summed E-state index contributed by atoms with van der Waals surface area (Å²) >= 11 is 0. The second-order valence-electron chi connectivity index (χ2n) is 5.17. The molecule has 1 saturated heterocycles. The Bertz CT molecular complexity index is 477. The van der Waals surface area contributed by atoms with E-state index in [2.05, 4.69) is 5.32 Å². The fraction of sp³-hybridized carbons (Fsp3) is 0.533. The van der Waals surface area contributed by atoms with Crippen LogP contribution in [0.2, 0.25) is 0 Å². The number of nitrogens with zero attached hydrogens (tertiary/aromatic N) is 1. The van der Waals surface area contributed by atoms with Gasteiger partial charge in [0, 0.05) is 18.7 Å². The third-order valence-corrected chi connectivity index (χ3v) is 3.70. The fourth-order valence-corrected chi connectivity index (χ4v) is 2.69. The lowest BCUT2D eigenvalue weighted by atomic mass is 9.97. The number of ether oxygens (including phenoxy) is 1. The van der Waals surface area contributed by atoms with E-state index in [0.717, 1.165) is 32.5 Å². The standard InChI is InChI=1S/C15H21FN2O2/c1-17-9-11-4-3-7-18(10-11)15(19)12-5-6-14(20-2)13(16)8-12/h5-6,8,11,17H,3-4,7,9-10H2,1-2H3. The minimum Gasteiger partial charge on any atom is -0.494 e. The van der Waals surface area contributed by atoms with Gasteiger partial charge in [-0.1, -0.05) is 0 Å².